The molecule has 2 heterocycles. The minimum Gasteiger partial charge on any atom is -0.507 e. The molecule has 0 aliphatic rings. The number of Topliss-reactive ketones (excluding diaryl/α,β-unsaturated/α-hetero) is 1. The maximum atomic E-state index is 12.6. The number of carbonyl (C=O) groups is 1. The van der Waals surface area contributed by atoms with E-state index in [0.717, 1.165) is 52.3 Å². The van der Waals surface area contributed by atoms with Crippen LogP contribution in [-0.4, -0.2) is 29.0 Å². The average molecular weight is 529 g/mol. The van der Waals surface area contributed by atoms with Crippen LogP contribution < -0.4 is 15.5 Å². The highest BCUT2D eigenvalue weighted by Crippen LogP contribution is 2.31. The van der Waals surface area contributed by atoms with Crippen molar-refractivity contribution in [3.05, 3.63) is 82.5 Å². The first kappa shape index (κ1) is 25.5. The molecular formula is C30H28N2O5S. The molecular weight excluding hydrogens is 500 g/mol. The van der Waals surface area contributed by atoms with Crippen molar-refractivity contribution in [3.63, 3.8) is 0 Å². The third-order valence-electron chi connectivity index (χ3n) is 6.15. The van der Waals surface area contributed by atoms with Crippen LogP contribution in [0.15, 0.2) is 75.9 Å². The number of aromatic hydroxyl groups is 1. The van der Waals surface area contributed by atoms with Crippen molar-refractivity contribution in [2.24, 2.45) is 0 Å². The van der Waals surface area contributed by atoms with Crippen molar-refractivity contribution in [3.8, 4) is 22.8 Å². The van der Waals surface area contributed by atoms with E-state index in [2.05, 4.69) is 10.3 Å². The number of anilines is 1. The second-order valence-corrected chi connectivity index (χ2v) is 10.0. The van der Waals surface area contributed by atoms with Crippen LogP contribution in [0.1, 0.15) is 43.0 Å². The number of unbranched alkanes of at least 4 members (excludes halogenated alkanes) is 1. The Bertz CT molecular complexity index is 1640. The second-order valence-electron chi connectivity index (χ2n) is 9.01. The fourth-order valence-electron chi connectivity index (χ4n) is 4.23. The molecule has 0 spiro atoms. The summed E-state index contributed by atoms with van der Waals surface area (Å²) in [4.78, 5) is 29.4. The SMILES string of the molecule is CCCC(=O)c1ccc2nc(NCCCCOc3cc(O)c4c(=O)cc(-c5ccccc5)oc4c3)sc2c1. The number of nitrogens with zero attached hydrogens (tertiary/aromatic N) is 1. The topological polar surface area (TPSA) is 102 Å². The Hall–Kier alpha value is -4.17. The quantitative estimate of drug-likeness (QED) is 0.140. The predicted octanol–water partition coefficient (Wildman–Crippen LogP) is 7.03. The monoisotopic (exact) mass is 528 g/mol. The minimum atomic E-state index is -0.307. The first-order valence-corrected chi connectivity index (χ1v) is 13.5. The van der Waals surface area contributed by atoms with Gasteiger partial charge in [-0.05, 0) is 37.5 Å². The fraction of sp³-hybridized carbons (Fsp3) is 0.233. The van der Waals surface area contributed by atoms with Crippen molar-refractivity contribution in [2.45, 2.75) is 32.6 Å². The number of nitrogens with one attached hydrogen (secondary N) is 1. The van der Waals surface area contributed by atoms with E-state index in [1.165, 1.54) is 12.1 Å². The van der Waals surface area contributed by atoms with Gasteiger partial charge in [0.05, 0.1) is 16.8 Å². The van der Waals surface area contributed by atoms with Crippen LogP contribution >= 0.6 is 11.3 Å². The molecule has 0 saturated carbocycles. The standard InChI is InChI=1S/C30H28N2O5S/c1-2-8-23(33)20-11-12-22-28(15-20)38-30(32-22)31-13-6-7-14-36-21-16-24(34)29-25(35)18-26(37-27(29)17-21)19-9-4-3-5-10-19/h3-5,9-12,15-18,34H,2,6-8,13-14H2,1H3,(H,31,32). The summed E-state index contributed by atoms with van der Waals surface area (Å²) in [6.45, 7) is 3.17. The maximum absolute atomic E-state index is 12.6. The smallest absolute Gasteiger partial charge is 0.197 e. The molecule has 0 amide bonds. The summed E-state index contributed by atoms with van der Waals surface area (Å²) in [5.41, 5.74) is 2.37. The van der Waals surface area contributed by atoms with E-state index in [4.69, 9.17) is 9.15 Å². The number of rotatable bonds is 11. The summed E-state index contributed by atoms with van der Waals surface area (Å²) < 4.78 is 12.8. The van der Waals surface area contributed by atoms with Gasteiger partial charge < -0.3 is 19.6 Å². The van der Waals surface area contributed by atoms with Gasteiger partial charge in [0, 0.05) is 42.3 Å². The lowest BCUT2D eigenvalue weighted by molar-refractivity contribution is 0.0982. The summed E-state index contributed by atoms with van der Waals surface area (Å²) in [7, 11) is 0. The number of phenolic OH excluding ortho intramolecular Hbond substituents is 1. The zero-order chi connectivity index (χ0) is 26.5. The number of ether oxygens (including phenoxy) is 1. The molecule has 0 atom stereocenters. The highest BCUT2D eigenvalue weighted by molar-refractivity contribution is 7.22. The third-order valence-corrected chi connectivity index (χ3v) is 7.12. The van der Waals surface area contributed by atoms with Gasteiger partial charge in [0.25, 0.3) is 0 Å². The van der Waals surface area contributed by atoms with Crippen molar-refractivity contribution in [1.29, 1.82) is 0 Å². The molecule has 38 heavy (non-hydrogen) atoms. The molecule has 0 saturated heterocycles. The Labute approximate surface area is 223 Å². The number of carbonyl (C=O) groups excluding carboxylic acids is 1. The molecule has 0 radical (unpaired) electrons. The zero-order valence-electron chi connectivity index (χ0n) is 21.0. The molecule has 8 heteroatoms. The van der Waals surface area contributed by atoms with Crippen LogP contribution in [0.3, 0.4) is 0 Å². The third kappa shape index (κ3) is 5.70. The minimum absolute atomic E-state index is 0.138. The summed E-state index contributed by atoms with van der Waals surface area (Å²) in [6, 6.07) is 19.5. The van der Waals surface area contributed by atoms with E-state index in [0.29, 0.717) is 24.5 Å². The van der Waals surface area contributed by atoms with Gasteiger partial charge in [-0.3, -0.25) is 9.59 Å². The molecule has 0 bridgehead atoms. The lowest BCUT2D eigenvalue weighted by Crippen LogP contribution is -2.05. The lowest BCUT2D eigenvalue weighted by Gasteiger charge is -2.09. The van der Waals surface area contributed by atoms with Crippen molar-refractivity contribution in [2.75, 3.05) is 18.5 Å². The van der Waals surface area contributed by atoms with Gasteiger partial charge >= 0.3 is 0 Å². The van der Waals surface area contributed by atoms with Crippen molar-refractivity contribution >= 4 is 43.4 Å². The van der Waals surface area contributed by atoms with Gasteiger partial charge in [0.15, 0.2) is 16.3 Å². The van der Waals surface area contributed by atoms with Gasteiger partial charge in [-0.2, -0.15) is 0 Å². The molecule has 5 aromatic rings. The second kappa shape index (κ2) is 11.5. The van der Waals surface area contributed by atoms with E-state index in [1.807, 2.05) is 55.5 Å². The largest absolute Gasteiger partial charge is 0.507 e. The Morgan fingerprint density at radius 3 is 2.74 bits per heavy atom. The number of fused-ring (bicyclic) bond motifs is 2. The Balaban J connectivity index is 1.16. The number of aromatic nitrogens is 1. The van der Waals surface area contributed by atoms with E-state index in [1.54, 1.807) is 17.4 Å². The first-order chi connectivity index (χ1) is 18.5. The molecule has 2 N–H and O–H groups in total. The molecule has 0 aliphatic heterocycles. The molecule has 194 valence electrons. The van der Waals surface area contributed by atoms with Crippen LogP contribution in [0, 0.1) is 0 Å². The molecule has 7 nitrogen and oxygen atoms in total. The van der Waals surface area contributed by atoms with Crippen LogP contribution in [0.25, 0.3) is 32.5 Å². The Kier molecular flexibility index (Phi) is 7.70. The molecule has 0 unspecified atom stereocenters. The molecule has 2 aromatic heterocycles. The van der Waals surface area contributed by atoms with E-state index in [-0.39, 0.29) is 27.9 Å². The first-order valence-electron chi connectivity index (χ1n) is 12.7. The van der Waals surface area contributed by atoms with Gasteiger partial charge in [-0.1, -0.05) is 48.6 Å². The number of benzene rings is 3. The lowest BCUT2D eigenvalue weighted by atomic mass is 10.1. The number of hydrogen-bond acceptors (Lipinski definition) is 8. The summed E-state index contributed by atoms with van der Waals surface area (Å²) >= 11 is 1.54. The Morgan fingerprint density at radius 2 is 1.92 bits per heavy atom. The zero-order valence-corrected chi connectivity index (χ0v) is 21.8. The van der Waals surface area contributed by atoms with E-state index < -0.39 is 0 Å². The highest BCUT2D eigenvalue weighted by Gasteiger charge is 2.13. The molecule has 3 aromatic carbocycles. The van der Waals surface area contributed by atoms with Crippen LogP contribution in [0.4, 0.5) is 5.13 Å². The van der Waals surface area contributed by atoms with Crippen LogP contribution in [0.2, 0.25) is 0 Å². The fourth-order valence-corrected chi connectivity index (χ4v) is 5.16. The summed E-state index contributed by atoms with van der Waals surface area (Å²) in [5.74, 6) is 0.874. The predicted molar refractivity (Wildman–Crippen MR) is 152 cm³/mol. The molecule has 0 aliphatic carbocycles. The van der Waals surface area contributed by atoms with Crippen molar-refractivity contribution in [1.82, 2.24) is 4.98 Å². The van der Waals surface area contributed by atoms with Gasteiger partial charge in [-0.15, -0.1) is 0 Å². The maximum Gasteiger partial charge on any atom is 0.197 e. The Morgan fingerprint density at radius 1 is 1.08 bits per heavy atom. The summed E-state index contributed by atoms with van der Waals surface area (Å²) in [6.07, 6.45) is 3.02. The number of ketones is 1. The number of hydrogen-bond donors (Lipinski definition) is 2. The van der Waals surface area contributed by atoms with Crippen LogP contribution in [0.5, 0.6) is 11.5 Å². The van der Waals surface area contributed by atoms with Crippen molar-refractivity contribution < 1.29 is 19.1 Å². The normalized spacial score (nSPS) is 11.2. The van der Waals surface area contributed by atoms with E-state index in [9.17, 15) is 14.7 Å². The highest BCUT2D eigenvalue weighted by atomic mass is 32.1. The molecule has 0 fully saturated rings. The van der Waals surface area contributed by atoms with Crippen LogP contribution in [-0.2, 0) is 0 Å². The van der Waals surface area contributed by atoms with Gasteiger partial charge in [0.2, 0.25) is 0 Å². The van der Waals surface area contributed by atoms with E-state index >= 15 is 0 Å². The number of phenols is 1. The average Bonchev–Trinajstić information content (AvgIpc) is 3.33. The van der Waals surface area contributed by atoms with Gasteiger partial charge in [0.1, 0.15) is 28.2 Å². The summed E-state index contributed by atoms with van der Waals surface area (Å²) in [5, 5.41) is 14.7. The van der Waals surface area contributed by atoms with Gasteiger partial charge in [-0.25, -0.2) is 4.98 Å². The number of thiazole rings is 1. The molecule has 5 rings (SSSR count).